The van der Waals surface area contributed by atoms with Crippen LogP contribution in [0.1, 0.15) is 31.9 Å². The summed E-state index contributed by atoms with van der Waals surface area (Å²) in [5, 5.41) is 3.59. The highest BCUT2D eigenvalue weighted by Gasteiger charge is 2.27. The zero-order valence-electron chi connectivity index (χ0n) is 9.74. The van der Waals surface area contributed by atoms with E-state index in [1.54, 1.807) is 0 Å². The van der Waals surface area contributed by atoms with Gasteiger partial charge in [-0.1, -0.05) is 35.0 Å². The molecule has 0 aromatic heterocycles. The van der Waals surface area contributed by atoms with Gasteiger partial charge >= 0.3 is 0 Å². The maximum Gasteiger partial charge on any atom is 0.0976 e. The molecule has 1 aromatic rings. The summed E-state index contributed by atoms with van der Waals surface area (Å²) in [5.41, 5.74) is 1.24. The molecule has 1 aliphatic rings. The van der Waals surface area contributed by atoms with Crippen molar-refractivity contribution >= 4 is 15.9 Å². The Morgan fingerprint density at radius 3 is 2.94 bits per heavy atom. The van der Waals surface area contributed by atoms with Gasteiger partial charge in [0.25, 0.3) is 0 Å². The van der Waals surface area contributed by atoms with Gasteiger partial charge in [0.15, 0.2) is 0 Å². The first-order valence-electron chi connectivity index (χ1n) is 5.84. The first-order valence-corrected chi connectivity index (χ1v) is 6.63. The van der Waals surface area contributed by atoms with E-state index in [0.717, 1.165) is 17.5 Å². The van der Waals surface area contributed by atoms with Crippen LogP contribution in [0, 0.1) is 0 Å². The van der Waals surface area contributed by atoms with Crippen molar-refractivity contribution in [3.63, 3.8) is 0 Å². The molecule has 2 rings (SSSR count). The number of benzene rings is 1. The van der Waals surface area contributed by atoms with Gasteiger partial charge in [-0.2, -0.15) is 0 Å². The van der Waals surface area contributed by atoms with Gasteiger partial charge in [-0.3, -0.25) is 0 Å². The van der Waals surface area contributed by atoms with E-state index in [-0.39, 0.29) is 6.10 Å². The van der Waals surface area contributed by atoms with Crippen molar-refractivity contribution in [3.8, 4) is 0 Å². The lowest BCUT2D eigenvalue weighted by Crippen LogP contribution is -2.48. The summed E-state index contributed by atoms with van der Waals surface area (Å²) >= 11 is 3.50. The Balaban J connectivity index is 2.11. The lowest BCUT2D eigenvalue weighted by atomic mass is 10.00. The summed E-state index contributed by atoms with van der Waals surface area (Å²) in [6, 6.07) is 9.22. The summed E-state index contributed by atoms with van der Waals surface area (Å²) in [5.74, 6) is 0. The molecular formula is C13H18BrNO. The Labute approximate surface area is 106 Å². The Hall–Kier alpha value is -0.380. The molecule has 16 heavy (non-hydrogen) atoms. The van der Waals surface area contributed by atoms with Gasteiger partial charge < -0.3 is 10.1 Å². The van der Waals surface area contributed by atoms with Crippen molar-refractivity contribution in [3.05, 3.63) is 34.3 Å². The fourth-order valence-electron chi connectivity index (χ4n) is 2.18. The van der Waals surface area contributed by atoms with E-state index in [1.165, 1.54) is 5.56 Å². The average molecular weight is 284 g/mol. The lowest BCUT2D eigenvalue weighted by Gasteiger charge is -2.35. The number of ether oxygens (including phenoxy) is 1. The van der Waals surface area contributed by atoms with Crippen LogP contribution in [0.5, 0.6) is 0 Å². The van der Waals surface area contributed by atoms with Crippen molar-refractivity contribution in [2.75, 3.05) is 6.61 Å². The standard InChI is InChI=1S/C13H18BrNO/c1-3-12-8-16-13(9(2)15-12)10-5-4-6-11(14)7-10/h4-7,9,12-13,15H,3,8H2,1-2H3. The van der Waals surface area contributed by atoms with Crippen LogP contribution in [-0.4, -0.2) is 18.7 Å². The normalized spacial score (nSPS) is 30.3. The van der Waals surface area contributed by atoms with E-state index in [4.69, 9.17) is 4.74 Å². The molecule has 1 heterocycles. The van der Waals surface area contributed by atoms with E-state index in [9.17, 15) is 0 Å². The average Bonchev–Trinajstić information content (AvgIpc) is 2.28. The third-order valence-corrected chi connectivity index (χ3v) is 3.59. The van der Waals surface area contributed by atoms with Crippen LogP contribution < -0.4 is 5.32 Å². The van der Waals surface area contributed by atoms with E-state index in [0.29, 0.717) is 12.1 Å². The highest BCUT2D eigenvalue weighted by molar-refractivity contribution is 9.10. The topological polar surface area (TPSA) is 21.3 Å². The zero-order chi connectivity index (χ0) is 11.5. The maximum atomic E-state index is 5.95. The first kappa shape index (κ1) is 12.1. The molecule has 3 unspecified atom stereocenters. The molecule has 0 aliphatic carbocycles. The fraction of sp³-hybridized carbons (Fsp3) is 0.538. The second-order valence-corrected chi connectivity index (χ2v) is 5.29. The maximum absolute atomic E-state index is 5.95. The molecule has 1 aliphatic heterocycles. The van der Waals surface area contributed by atoms with Gasteiger partial charge in [-0.05, 0) is 31.0 Å². The molecule has 88 valence electrons. The predicted molar refractivity (Wildman–Crippen MR) is 69.5 cm³/mol. The van der Waals surface area contributed by atoms with Crippen LogP contribution in [0.15, 0.2) is 28.7 Å². The summed E-state index contributed by atoms with van der Waals surface area (Å²) in [4.78, 5) is 0. The molecule has 1 N–H and O–H groups in total. The van der Waals surface area contributed by atoms with Gasteiger partial charge in [0.1, 0.15) is 0 Å². The number of rotatable bonds is 2. The second-order valence-electron chi connectivity index (χ2n) is 4.37. The van der Waals surface area contributed by atoms with Crippen molar-refractivity contribution in [2.45, 2.75) is 38.5 Å². The van der Waals surface area contributed by atoms with Crippen LogP contribution in [0.2, 0.25) is 0 Å². The lowest BCUT2D eigenvalue weighted by molar-refractivity contribution is -0.0252. The highest BCUT2D eigenvalue weighted by Crippen LogP contribution is 2.27. The third-order valence-electron chi connectivity index (χ3n) is 3.10. The molecule has 1 fully saturated rings. The predicted octanol–water partition coefficient (Wildman–Crippen LogP) is 3.28. The second kappa shape index (κ2) is 5.30. The minimum absolute atomic E-state index is 0.167. The van der Waals surface area contributed by atoms with E-state index in [2.05, 4.69) is 53.3 Å². The Morgan fingerprint density at radius 1 is 1.50 bits per heavy atom. The smallest absolute Gasteiger partial charge is 0.0976 e. The first-order chi connectivity index (χ1) is 7.70. The molecule has 0 bridgehead atoms. The fourth-order valence-corrected chi connectivity index (χ4v) is 2.59. The Morgan fingerprint density at radius 2 is 2.31 bits per heavy atom. The summed E-state index contributed by atoms with van der Waals surface area (Å²) in [6.45, 7) is 5.18. The third kappa shape index (κ3) is 2.65. The summed E-state index contributed by atoms with van der Waals surface area (Å²) < 4.78 is 7.06. The quantitative estimate of drug-likeness (QED) is 0.900. The van der Waals surface area contributed by atoms with Gasteiger partial charge in [0, 0.05) is 16.6 Å². The highest BCUT2D eigenvalue weighted by atomic mass is 79.9. The monoisotopic (exact) mass is 283 g/mol. The van der Waals surface area contributed by atoms with Gasteiger partial charge in [0.2, 0.25) is 0 Å². The van der Waals surface area contributed by atoms with Crippen LogP contribution in [0.25, 0.3) is 0 Å². The molecule has 0 spiro atoms. The van der Waals surface area contributed by atoms with Crippen molar-refractivity contribution in [2.24, 2.45) is 0 Å². The van der Waals surface area contributed by atoms with Crippen LogP contribution >= 0.6 is 15.9 Å². The minimum atomic E-state index is 0.167. The van der Waals surface area contributed by atoms with Crippen LogP contribution in [-0.2, 0) is 4.74 Å². The molecule has 0 saturated carbocycles. The minimum Gasteiger partial charge on any atom is -0.370 e. The van der Waals surface area contributed by atoms with Crippen LogP contribution in [0.3, 0.4) is 0 Å². The van der Waals surface area contributed by atoms with Crippen LogP contribution in [0.4, 0.5) is 0 Å². The zero-order valence-corrected chi connectivity index (χ0v) is 11.3. The molecule has 3 heteroatoms. The van der Waals surface area contributed by atoms with Crippen molar-refractivity contribution in [1.82, 2.24) is 5.32 Å². The SMILES string of the molecule is CCC1COC(c2cccc(Br)c2)C(C)N1. The number of hydrogen-bond donors (Lipinski definition) is 1. The number of morpholine rings is 1. The molecule has 1 aromatic carbocycles. The number of halogens is 1. The van der Waals surface area contributed by atoms with Crippen molar-refractivity contribution in [1.29, 1.82) is 0 Å². The Kier molecular flexibility index (Phi) is 4.00. The molecule has 0 radical (unpaired) electrons. The molecular weight excluding hydrogens is 266 g/mol. The molecule has 2 nitrogen and oxygen atoms in total. The van der Waals surface area contributed by atoms with E-state index >= 15 is 0 Å². The number of nitrogens with one attached hydrogen (secondary N) is 1. The van der Waals surface area contributed by atoms with Gasteiger partial charge in [-0.25, -0.2) is 0 Å². The largest absolute Gasteiger partial charge is 0.370 e. The summed E-state index contributed by atoms with van der Waals surface area (Å²) in [6.07, 6.45) is 1.29. The number of hydrogen-bond acceptors (Lipinski definition) is 2. The van der Waals surface area contributed by atoms with Crippen molar-refractivity contribution < 1.29 is 4.74 Å². The van der Waals surface area contributed by atoms with E-state index in [1.807, 2.05) is 6.07 Å². The van der Waals surface area contributed by atoms with E-state index < -0.39 is 0 Å². The molecule has 1 saturated heterocycles. The van der Waals surface area contributed by atoms with Gasteiger partial charge in [0.05, 0.1) is 12.7 Å². The Bertz CT molecular complexity index is 356. The molecule has 0 amide bonds. The molecule has 3 atom stereocenters. The summed E-state index contributed by atoms with van der Waals surface area (Å²) in [7, 11) is 0. The van der Waals surface area contributed by atoms with Gasteiger partial charge in [-0.15, -0.1) is 0 Å².